The van der Waals surface area contributed by atoms with Crippen LogP contribution in [0.2, 0.25) is 0 Å². The molecule has 0 heterocycles. The zero-order valence-electron chi connectivity index (χ0n) is 17.4. The van der Waals surface area contributed by atoms with Crippen LogP contribution in [0, 0.1) is 13.8 Å². The van der Waals surface area contributed by atoms with E-state index in [1.807, 2.05) is 86.6 Å². The zero-order chi connectivity index (χ0) is 21.3. The van der Waals surface area contributed by atoms with Gasteiger partial charge in [0.05, 0.1) is 6.54 Å². The molecule has 3 aromatic carbocycles. The molecule has 5 heteroatoms. The number of carbonyl (C=O) groups is 2. The number of aryl methyl sites for hydroxylation is 3. The SMILES string of the molecule is Cc1ccc(C)c(NC(=O)CNc2cccc(NC(=O)CCc3ccccc3)c2)c1. The van der Waals surface area contributed by atoms with Crippen LogP contribution < -0.4 is 16.0 Å². The van der Waals surface area contributed by atoms with E-state index < -0.39 is 0 Å². The molecular formula is C25H27N3O2. The number of nitrogens with one attached hydrogen (secondary N) is 3. The first-order chi connectivity index (χ1) is 14.5. The highest BCUT2D eigenvalue weighted by atomic mass is 16.2. The van der Waals surface area contributed by atoms with Gasteiger partial charge in [0.15, 0.2) is 0 Å². The molecule has 0 saturated heterocycles. The zero-order valence-corrected chi connectivity index (χ0v) is 17.4. The largest absolute Gasteiger partial charge is 0.376 e. The summed E-state index contributed by atoms with van der Waals surface area (Å²) in [6, 6.07) is 23.3. The van der Waals surface area contributed by atoms with Crippen LogP contribution in [0.15, 0.2) is 72.8 Å². The second-order valence-corrected chi connectivity index (χ2v) is 7.33. The topological polar surface area (TPSA) is 70.2 Å². The molecule has 0 spiro atoms. The van der Waals surface area contributed by atoms with Gasteiger partial charge in [0, 0.05) is 23.5 Å². The summed E-state index contributed by atoms with van der Waals surface area (Å²) in [6.45, 7) is 4.10. The van der Waals surface area contributed by atoms with Crippen molar-refractivity contribution in [1.29, 1.82) is 0 Å². The Hall–Kier alpha value is -3.60. The molecule has 0 fully saturated rings. The van der Waals surface area contributed by atoms with E-state index in [0.717, 1.165) is 28.1 Å². The first-order valence-corrected chi connectivity index (χ1v) is 10.0. The van der Waals surface area contributed by atoms with Crippen molar-refractivity contribution >= 4 is 28.9 Å². The van der Waals surface area contributed by atoms with Gasteiger partial charge in [-0.3, -0.25) is 9.59 Å². The number of hydrogen-bond donors (Lipinski definition) is 3. The maximum Gasteiger partial charge on any atom is 0.243 e. The monoisotopic (exact) mass is 401 g/mol. The van der Waals surface area contributed by atoms with E-state index in [1.54, 1.807) is 0 Å². The molecular weight excluding hydrogens is 374 g/mol. The van der Waals surface area contributed by atoms with Crippen LogP contribution in [-0.2, 0) is 16.0 Å². The fourth-order valence-electron chi connectivity index (χ4n) is 3.08. The van der Waals surface area contributed by atoms with E-state index in [-0.39, 0.29) is 18.4 Å². The van der Waals surface area contributed by atoms with Crippen LogP contribution in [-0.4, -0.2) is 18.4 Å². The van der Waals surface area contributed by atoms with E-state index in [2.05, 4.69) is 16.0 Å². The first kappa shape index (κ1) is 21.1. The fourth-order valence-corrected chi connectivity index (χ4v) is 3.08. The number of amides is 2. The average Bonchev–Trinajstić information content (AvgIpc) is 2.74. The number of anilines is 3. The Balaban J connectivity index is 1.49. The maximum absolute atomic E-state index is 12.3. The molecule has 3 aromatic rings. The molecule has 0 bridgehead atoms. The van der Waals surface area contributed by atoms with Gasteiger partial charge in [-0.2, -0.15) is 0 Å². The van der Waals surface area contributed by atoms with Gasteiger partial charge in [-0.25, -0.2) is 0 Å². The van der Waals surface area contributed by atoms with Crippen LogP contribution >= 0.6 is 0 Å². The van der Waals surface area contributed by atoms with Crippen LogP contribution in [0.25, 0.3) is 0 Å². The van der Waals surface area contributed by atoms with Crippen LogP contribution in [0.4, 0.5) is 17.1 Å². The van der Waals surface area contributed by atoms with E-state index in [4.69, 9.17) is 0 Å². The molecule has 30 heavy (non-hydrogen) atoms. The van der Waals surface area contributed by atoms with Crippen LogP contribution in [0.1, 0.15) is 23.1 Å². The molecule has 0 radical (unpaired) electrons. The number of hydrogen-bond acceptors (Lipinski definition) is 3. The third kappa shape index (κ3) is 6.48. The summed E-state index contributed by atoms with van der Waals surface area (Å²) in [6.07, 6.45) is 1.11. The van der Waals surface area contributed by atoms with Crippen molar-refractivity contribution in [1.82, 2.24) is 0 Å². The first-order valence-electron chi connectivity index (χ1n) is 10.0. The van der Waals surface area contributed by atoms with Crippen molar-refractivity contribution in [2.24, 2.45) is 0 Å². The summed E-state index contributed by atoms with van der Waals surface area (Å²) in [5.74, 6) is -0.162. The summed E-state index contributed by atoms with van der Waals surface area (Å²) < 4.78 is 0. The van der Waals surface area contributed by atoms with Crippen molar-refractivity contribution in [3.63, 3.8) is 0 Å². The van der Waals surface area contributed by atoms with Gasteiger partial charge in [-0.05, 0) is 61.2 Å². The van der Waals surface area contributed by atoms with Gasteiger partial charge in [0.1, 0.15) is 0 Å². The smallest absolute Gasteiger partial charge is 0.243 e. The Labute approximate surface area is 177 Å². The van der Waals surface area contributed by atoms with Crippen molar-refractivity contribution < 1.29 is 9.59 Å². The van der Waals surface area contributed by atoms with Gasteiger partial charge >= 0.3 is 0 Å². The Morgan fingerprint density at radius 3 is 2.33 bits per heavy atom. The normalized spacial score (nSPS) is 10.3. The highest BCUT2D eigenvalue weighted by molar-refractivity contribution is 5.95. The third-order valence-electron chi connectivity index (χ3n) is 4.75. The molecule has 3 N–H and O–H groups in total. The molecule has 2 amide bonds. The quantitative estimate of drug-likeness (QED) is 0.501. The van der Waals surface area contributed by atoms with E-state index in [0.29, 0.717) is 18.5 Å². The lowest BCUT2D eigenvalue weighted by atomic mass is 10.1. The molecule has 0 unspecified atom stereocenters. The molecule has 0 aliphatic carbocycles. The predicted octanol–water partition coefficient (Wildman–Crippen LogP) is 4.93. The van der Waals surface area contributed by atoms with Crippen molar-refractivity contribution in [2.45, 2.75) is 26.7 Å². The molecule has 0 saturated carbocycles. The highest BCUT2D eigenvalue weighted by Gasteiger charge is 2.07. The maximum atomic E-state index is 12.3. The molecule has 3 rings (SSSR count). The second kappa shape index (κ2) is 10.3. The van der Waals surface area contributed by atoms with Gasteiger partial charge in [0.25, 0.3) is 0 Å². The summed E-state index contributed by atoms with van der Waals surface area (Å²) in [4.78, 5) is 24.5. The minimum absolute atomic E-state index is 0.0383. The molecule has 0 atom stereocenters. The summed E-state index contributed by atoms with van der Waals surface area (Å²) >= 11 is 0. The molecule has 154 valence electrons. The lowest BCUT2D eigenvalue weighted by molar-refractivity contribution is -0.116. The third-order valence-corrected chi connectivity index (χ3v) is 4.75. The van der Waals surface area contributed by atoms with Crippen LogP contribution in [0.3, 0.4) is 0 Å². The van der Waals surface area contributed by atoms with E-state index in [9.17, 15) is 9.59 Å². The van der Waals surface area contributed by atoms with Crippen molar-refractivity contribution in [2.75, 3.05) is 22.5 Å². The molecule has 0 aliphatic rings. The molecule has 0 aromatic heterocycles. The lowest BCUT2D eigenvalue weighted by Gasteiger charge is -2.12. The number of benzene rings is 3. The molecule has 5 nitrogen and oxygen atoms in total. The van der Waals surface area contributed by atoms with Gasteiger partial charge in [-0.15, -0.1) is 0 Å². The van der Waals surface area contributed by atoms with Gasteiger partial charge in [0.2, 0.25) is 11.8 Å². The molecule has 0 aliphatic heterocycles. The summed E-state index contributed by atoms with van der Waals surface area (Å²) in [5.41, 5.74) is 5.55. The second-order valence-electron chi connectivity index (χ2n) is 7.33. The minimum atomic E-state index is -0.124. The Morgan fingerprint density at radius 1 is 0.767 bits per heavy atom. The Morgan fingerprint density at radius 2 is 1.53 bits per heavy atom. The van der Waals surface area contributed by atoms with Crippen molar-refractivity contribution in [3.8, 4) is 0 Å². The van der Waals surface area contributed by atoms with Crippen LogP contribution in [0.5, 0.6) is 0 Å². The average molecular weight is 402 g/mol. The lowest BCUT2D eigenvalue weighted by Crippen LogP contribution is -2.22. The minimum Gasteiger partial charge on any atom is -0.376 e. The number of carbonyl (C=O) groups excluding carboxylic acids is 2. The van der Waals surface area contributed by atoms with E-state index >= 15 is 0 Å². The van der Waals surface area contributed by atoms with E-state index in [1.165, 1.54) is 0 Å². The van der Waals surface area contributed by atoms with Crippen molar-refractivity contribution in [3.05, 3.63) is 89.5 Å². The van der Waals surface area contributed by atoms with Gasteiger partial charge in [-0.1, -0.05) is 48.5 Å². The fraction of sp³-hybridized carbons (Fsp3) is 0.200. The Bertz CT molecular complexity index is 1020. The summed E-state index contributed by atoms with van der Waals surface area (Å²) in [5, 5.41) is 8.95. The standard InChI is InChI=1S/C25H27N3O2/c1-18-11-12-19(2)23(15-18)28-25(30)17-26-21-9-6-10-22(16-21)27-24(29)14-13-20-7-4-3-5-8-20/h3-12,15-16,26H,13-14,17H2,1-2H3,(H,27,29)(H,28,30). The van der Waals surface area contributed by atoms with Gasteiger partial charge < -0.3 is 16.0 Å². The highest BCUT2D eigenvalue weighted by Crippen LogP contribution is 2.17. The predicted molar refractivity (Wildman–Crippen MR) is 123 cm³/mol. The Kier molecular flexibility index (Phi) is 7.22. The summed E-state index contributed by atoms with van der Waals surface area (Å²) in [7, 11) is 0. The number of rotatable bonds is 8.